The second kappa shape index (κ2) is 4.84. The molecule has 0 saturated carbocycles. The van der Waals surface area contributed by atoms with Gasteiger partial charge >= 0.3 is 0 Å². The van der Waals surface area contributed by atoms with E-state index < -0.39 is 0 Å². The van der Waals surface area contributed by atoms with E-state index in [0.29, 0.717) is 0 Å². The maximum Gasteiger partial charge on any atom is 0.202 e. The maximum atomic E-state index is 4.22. The van der Waals surface area contributed by atoms with Gasteiger partial charge in [0, 0.05) is 26.0 Å². The van der Waals surface area contributed by atoms with Crippen molar-refractivity contribution in [1.29, 1.82) is 0 Å². The van der Waals surface area contributed by atoms with Gasteiger partial charge in [-0.3, -0.25) is 0 Å². The van der Waals surface area contributed by atoms with Crippen LogP contribution in [0.4, 0.5) is 5.95 Å². The molecule has 0 saturated heterocycles. The second-order valence-electron chi connectivity index (χ2n) is 3.93. The van der Waals surface area contributed by atoms with Gasteiger partial charge in [0.15, 0.2) is 0 Å². The maximum absolute atomic E-state index is 4.22. The first-order valence-corrected chi connectivity index (χ1v) is 5.54. The lowest BCUT2D eigenvalue weighted by Crippen LogP contribution is -2.05. The zero-order valence-corrected chi connectivity index (χ0v) is 9.77. The van der Waals surface area contributed by atoms with Gasteiger partial charge in [-0.05, 0) is 18.9 Å². The molecule has 0 radical (unpaired) electrons. The monoisotopic (exact) mass is 215 g/mol. The molecule has 0 aliphatic heterocycles. The SMILES string of the molecule is CNc1nccn1CCc1cccc(C)c1. The Kier molecular flexibility index (Phi) is 3.25. The zero-order chi connectivity index (χ0) is 11.4. The van der Waals surface area contributed by atoms with Crippen molar-refractivity contribution in [2.75, 3.05) is 12.4 Å². The molecular weight excluding hydrogens is 198 g/mol. The van der Waals surface area contributed by atoms with Crippen LogP contribution < -0.4 is 5.32 Å². The Morgan fingerprint density at radius 1 is 1.38 bits per heavy atom. The number of nitrogens with one attached hydrogen (secondary N) is 1. The Labute approximate surface area is 96.1 Å². The van der Waals surface area contributed by atoms with Gasteiger partial charge in [0.05, 0.1) is 0 Å². The third kappa shape index (κ3) is 2.42. The van der Waals surface area contributed by atoms with Crippen LogP contribution in [0.25, 0.3) is 0 Å². The van der Waals surface area contributed by atoms with E-state index in [1.54, 1.807) is 0 Å². The number of anilines is 1. The van der Waals surface area contributed by atoms with Crippen molar-refractivity contribution in [3.05, 3.63) is 47.8 Å². The van der Waals surface area contributed by atoms with Gasteiger partial charge in [0.2, 0.25) is 5.95 Å². The number of benzene rings is 1. The van der Waals surface area contributed by atoms with Gasteiger partial charge in [-0.2, -0.15) is 0 Å². The average Bonchev–Trinajstić information content (AvgIpc) is 2.74. The molecule has 84 valence electrons. The van der Waals surface area contributed by atoms with Crippen LogP contribution in [0.15, 0.2) is 36.7 Å². The normalized spacial score (nSPS) is 10.4. The summed E-state index contributed by atoms with van der Waals surface area (Å²) in [4.78, 5) is 4.22. The number of nitrogens with zero attached hydrogens (tertiary/aromatic N) is 2. The number of hydrogen-bond acceptors (Lipinski definition) is 2. The van der Waals surface area contributed by atoms with Crippen molar-refractivity contribution in [2.24, 2.45) is 0 Å². The van der Waals surface area contributed by atoms with E-state index in [1.165, 1.54) is 11.1 Å². The van der Waals surface area contributed by atoms with Crippen molar-refractivity contribution in [3.63, 3.8) is 0 Å². The minimum absolute atomic E-state index is 0.924. The summed E-state index contributed by atoms with van der Waals surface area (Å²) in [7, 11) is 1.89. The highest BCUT2D eigenvalue weighted by Gasteiger charge is 2.00. The van der Waals surface area contributed by atoms with Crippen LogP contribution in [-0.2, 0) is 13.0 Å². The van der Waals surface area contributed by atoms with Gasteiger partial charge < -0.3 is 9.88 Å². The minimum Gasteiger partial charge on any atom is -0.359 e. The van der Waals surface area contributed by atoms with Crippen LogP contribution in [0.1, 0.15) is 11.1 Å². The molecule has 0 spiro atoms. The summed E-state index contributed by atoms with van der Waals surface area (Å²) in [5.74, 6) is 0.924. The summed E-state index contributed by atoms with van der Waals surface area (Å²) in [6.45, 7) is 3.08. The molecule has 0 aliphatic rings. The quantitative estimate of drug-likeness (QED) is 0.849. The molecule has 1 N–H and O–H groups in total. The lowest BCUT2D eigenvalue weighted by atomic mass is 10.1. The molecule has 3 nitrogen and oxygen atoms in total. The van der Waals surface area contributed by atoms with Crippen molar-refractivity contribution >= 4 is 5.95 Å². The van der Waals surface area contributed by atoms with Gasteiger partial charge in [-0.25, -0.2) is 4.98 Å². The third-order valence-corrected chi connectivity index (χ3v) is 2.66. The van der Waals surface area contributed by atoms with Crippen LogP contribution in [0.2, 0.25) is 0 Å². The molecule has 0 bridgehead atoms. The summed E-state index contributed by atoms with van der Waals surface area (Å²) in [6, 6.07) is 8.64. The molecule has 1 aromatic heterocycles. The van der Waals surface area contributed by atoms with Gasteiger partial charge in [-0.1, -0.05) is 29.8 Å². The summed E-state index contributed by atoms with van der Waals surface area (Å²) in [5.41, 5.74) is 2.69. The van der Waals surface area contributed by atoms with Gasteiger partial charge in [0.1, 0.15) is 0 Å². The Balaban J connectivity index is 2.02. The molecule has 0 unspecified atom stereocenters. The van der Waals surface area contributed by atoms with Crippen molar-refractivity contribution in [2.45, 2.75) is 19.9 Å². The lowest BCUT2D eigenvalue weighted by molar-refractivity contribution is 0.702. The predicted molar refractivity (Wildman–Crippen MR) is 66.7 cm³/mol. The Bertz CT molecular complexity index is 460. The molecule has 2 rings (SSSR count). The highest BCUT2D eigenvalue weighted by molar-refractivity contribution is 5.25. The van der Waals surface area contributed by atoms with E-state index in [9.17, 15) is 0 Å². The molecule has 0 aliphatic carbocycles. The summed E-state index contributed by atoms with van der Waals surface area (Å²) >= 11 is 0. The summed E-state index contributed by atoms with van der Waals surface area (Å²) < 4.78 is 2.13. The molecule has 3 heteroatoms. The van der Waals surface area contributed by atoms with E-state index in [1.807, 2.05) is 19.4 Å². The minimum atomic E-state index is 0.924. The second-order valence-corrected chi connectivity index (χ2v) is 3.93. The topological polar surface area (TPSA) is 29.9 Å². The highest BCUT2D eigenvalue weighted by atomic mass is 15.2. The summed E-state index contributed by atoms with van der Waals surface area (Å²) in [5, 5.41) is 3.08. The van der Waals surface area contributed by atoms with E-state index in [0.717, 1.165) is 18.9 Å². The van der Waals surface area contributed by atoms with Crippen LogP contribution >= 0.6 is 0 Å². The lowest BCUT2D eigenvalue weighted by Gasteiger charge is -2.07. The third-order valence-electron chi connectivity index (χ3n) is 2.66. The summed E-state index contributed by atoms with van der Waals surface area (Å²) in [6.07, 6.45) is 4.86. The fourth-order valence-corrected chi connectivity index (χ4v) is 1.83. The first-order valence-electron chi connectivity index (χ1n) is 5.54. The molecule has 1 aromatic carbocycles. The number of hydrogen-bond donors (Lipinski definition) is 1. The smallest absolute Gasteiger partial charge is 0.202 e. The largest absolute Gasteiger partial charge is 0.359 e. The van der Waals surface area contributed by atoms with Crippen LogP contribution in [0, 0.1) is 6.92 Å². The van der Waals surface area contributed by atoms with Crippen molar-refractivity contribution in [3.8, 4) is 0 Å². The standard InChI is InChI=1S/C13H17N3/c1-11-4-3-5-12(10-11)6-8-16-9-7-15-13(16)14-2/h3-5,7,9-10H,6,8H2,1-2H3,(H,14,15). The van der Waals surface area contributed by atoms with Crippen LogP contribution in [0.5, 0.6) is 0 Å². The molecule has 2 aromatic rings. The van der Waals surface area contributed by atoms with Crippen LogP contribution in [0.3, 0.4) is 0 Å². The number of aromatic nitrogens is 2. The number of aryl methyl sites for hydroxylation is 3. The Morgan fingerprint density at radius 2 is 2.25 bits per heavy atom. The zero-order valence-electron chi connectivity index (χ0n) is 9.77. The molecule has 0 atom stereocenters. The fourth-order valence-electron chi connectivity index (χ4n) is 1.83. The average molecular weight is 215 g/mol. The first-order chi connectivity index (χ1) is 7.79. The van der Waals surface area contributed by atoms with Gasteiger partial charge in [0.25, 0.3) is 0 Å². The number of rotatable bonds is 4. The molecule has 1 heterocycles. The van der Waals surface area contributed by atoms with E-state index in [-0.39, 0.29) is 0 Å². The van der Waals surface area contributed by atoms with E-state index in [4.69, 9.17) is 0 Å². The van der Waals surface area contributed by atoms with Gasteiger partial charge in [-0.15, -0.1) is 0 Å². The van der Waals surface area contributed by atoms with Crippen molar-refractivity contribution in [1.82, 2.24) is 9.55 Å². The first kappa shape index (κ1) is 10.7. The molecule has 0 amide bonds. The molecule has 16 heavy (non-hydrogen) atoms. The van der Waals surface area contributed by atoms with E-state index >= 15 is 0 Å². The molecular formula is C13H17N3. The van der Waals surface area contributed by atoms with Crippen molar-refractivity contribution < 1.29 is 0 Å². The van der Waals surface area contributed by atoms with Crippen LogP contribution in [-0.4, -0.2) is 16.6 Å². The number of imidazole rings is 1. The fraction of sp³-hybridized carbons (Fsp3) is 0.308. The Hall–Kier alpha value is -1.77. The molecule has 0 fully saturated rings. The highest BCUT2D eigenvalue weighted by Crippen LogP contribution is 2.08. The predicted octanol–water partition coefficient (Wildman–Crippen LogP) is 2.48. The Morgan fingerprint density at radius 3 is 3.00 bits per heavy atom. The van der Waals surface area contributed by atoms with E-state index in [2.05, 4.69) is 46.1 Å².